The molecule has 0 unspecified atom stereocenters. The molecule has 0 bridgehead atoms. The molecule has 0 radical (unpaired) electrons. The first-order chi connectivity index (χ1) is 8.27. The highest BCUT2D eigenvalue weighted by Crippen LogP contribution is 2.23. The van der Waals surface area contributed by atoms with Crippen molar-refractivity contribution < 1.29 is 4.79 Å². The number of carbonyl (C=O) groups is 1. The van der Waals surface area contributed by atoms with Crippen molar-refractivity contribution in [1.29, 1.82) is 0 Å². The van der Waals surface area contributed by atoms with E-state index in [-0.39, 0.29) is 5.91 Å². The fourth-order valence-corrected chi connectivity index (χ4v) is 2.35. The molecule has 0 aliphatic heterocycles. The van der Waals surface area contributed by atoms with Gasteiger partial charge < -0.3 is 0 Å². The summed E-state index contributed by atoms with van der Waals surface area (Å²) in [6.45, 7) is 5.91. The fourth-order valence-electron chi connectivity index (χ4n) is 1.82. The molecule has 2 N–H and O–H groups in total. The van der Waals surface area contributed by atoms with Crippen molar-refractivity contribution in [1.82, 2.24) is 5.01 Å². The Bertz CT molecular complexity index is 426. The molecule has 0 aliphatic carbocycles. The zero-order chi connectivity index (χ0) is 13.9. The molecule has 1 rings (SSSR count). The largest absolute Gasteiger partial charge is 0.271 e. The first-order valence-corrected chi connectivity index (χ1v) is 6.59. The Kier molecular flexibility index (Phi) is 5.02. The molecule has 1 aromatic carbocycles. The lowest BCUT2D eigenvalue weighted by atomic mass is 9.97. The van der Waals surface area contributed by atoms with Crippen molar-refractivity contribution in [3.8, 4) is 0 Å². The zero-order valence-corrected chi connectivity index (χ0v) is 12.3. The van der Waals surface area contributed by atoms with Crippen LogP contribution in [-0.4, -0.2) is 16.5 Å². The Morgan fingerprint density at radius 2 is 1.78 bits per heavy atom. The van der Waals surface area contributed by atoms with Gasteiger partial charge in [0.2, 0.25) is 0 Å². The summed E-state index contributed by atoms with van der Waals surface area (Å²) < 4.78 is 0. The minimum Gasteiger partial charge on any atom is -0.271 e. The average Bonchev–Trinajstić information content (AvgIpc) is 2.25. The van der Waals surface area contributed by atoms with Crippen LogP contribution in [-0.2, 0) is 0 Å². The second kappa shape index (κ2) is 5.91. The van der Waals surface area contributed by atoms with E-state index in [1.54, 1.807) is 18.2 Å². The van der Waals surface area contributed by atoms with E-state index in [4.69, 9.17) is 29.0 Å². The number of hydrogen-bond donors (Lipinski definition) is 1. The molecule has 0 heterocycles. The quantitative estimate of drug-likeness (QED) is 0.519. The monoisotopic (exact) mass is 288 g/mol. The van der Waals surface area contributed by atoms with Crippen LogP contribution in [0.2, 0.25) is 10.0 Å². The summed E-state index contributed by atoms with van der Waals surface area (Å²) in [4.78, 5) is 12.3. The van der Waals surface area contributed by atoms with Crippen LogP contribution in [0, 0.1) is 0 Å². The SMILES string of the molecule is CCCC(C)(C)N(N)C(=O)c1cc(Cl)cc(Cl)c1. The van der Waals surface area contributed by atoms with Gasteiger partial charge in [-0.3, -0.25) is 9.80 Å². The van der Waals surface area contributed by atoms with E-state index in [0.717, 1.165) is 12.8 Å². The van der Waals surface area contributed by atoms with E-state index in [9.17, 15) is 4.79 Å². The molecule has 0 saturated heterocycles. The third-order valence-electron chi connectivity index (χ3n) is 2.84. The third-order valence-corrected chi connectivity index (χ3v) is 3.28. The van der Waals surface area contributed by atoms with Crippen LogP contribution >= 0.6 is 23.2 Å². The van der Waals surface area contributed by atoms with Crippen LogP contribution in [0.15, 0.2) is 18.2 Å². The van der Waals surface area contributed by atoms with Gasteiger partial charge in [0.05, 0.1) is 5.54 Å². The second-order valence-electron chi connectivity index (χ2n) is 4.90. The fraction of sp³-hybridized carbons (Fsp3) is 0.462. The number of halogens is 2. The molecular weight excluding hydrogens is 271 g/mol. The summed E-state index contributed by atoms with van der Waals surface area (Å²) in [7, 11) is 0. The van der Waals surface area contributed by atoms with Gasteiger partial charge in [-0.05, 0) is 38.5 Å². The highest BCUT2D eigenvalue weighted by Gasteiger charge is 2.28. The maximum Gasteiger partial charge on any atom is 0.268 e. The van der Waals surface area contributed by atoms with Gasteiger partial charge in [0.1, 0.15) is 0 Å². The van der Waals surface area contributed by atoms with Crippen molar-refractivity contribution in [2.45, 2.75) is 39.2 Å². The lowest BCUT2D eigenvalue weighted by molar-refractivity contribution is 0.0526. The Morgan fingerprint density at radius 3 is 2.22 bits per heavy atom. The predicted octanol–water partition coefficient (Wildman–Crippen LogP) is 3.89. The number of nitrogens with two attached hydrogens (primary N) is 1. The summed E-state index contributed by atoms with van der Waals surface area (Å²) in [5, 5.41) is 2.10. The molecule has 1 amide bonds. The molecule has 0 fully saturated rings. The Balaban J connectivity index is 2.99. The minimum absolute atomic E-state index is 0.280. The van der Waals surface area contributed by atoms with Gasteiger partial charge in [0.25, 0.3) is 5.91 Å². The summed E-state index contributed by atoms with van der Waals surface area (Å²) in [5.41, 5.74) is -0.000139. The van der Waals surface area contributed by atoms with E-state index in [1.165, 1.54) is 5.01 Å². The predicted molar refractivity (Wildman–Crippen MR) is 75.8 cm³/mol. The number of rotatable bonds is 4. The number of hydrazine groups is 1. The van der Waals surface area contributed by atoms with Crippen molar-refractivity contribution in [2.24, 2.45) is 5.84 Å². The maximum absolute atomic E-state index is 12.3. The number of carbonyl (C=O) groups excluding carboxylic acids is 1. The number of amides is 1. The smallest absolute Gasteiger partial charge is 0.268 e. The van der Waals surface area contributed by atoms with Gasteiger partial charge in [-0.15, -0.1) is 0 Å². The van der Waals surface area contributed by atoms with E-state index in [1.807, 2.05) is 13.8 Å². The first-order valence-electron chi connectivity index (χ1n) is 5.83. The van der Waals surface area contributed by atoms with E-state index in [0.29, 0.717) is 15.6 Å². The highest BCUT2D eigenvalue weighted by molar-refractivity contribution is 6.35. The zero-order valence-electron chi connectivity index (χ0n) is 10.8. The molecule has 0 saturated carbocycles. The molecule has 1 aromatic rings. The van der Waals surface area contributed by atoms with Gasteiger partial charge in [0, 0.05) is 15.6 Å². The van der Waals surface area contributed by atoms with Crippen molar-refractivity contribution in [3.05, 3.63) is 33.8 Å². The van der Waals surface area contributed by atoms with Crippen LogP contribution in [0.1, 0.15) is 44.0 Å². The molecule has 100 valence electrons. The lowest BCUT2D eigenvalue weighted by Gasteiger charge is -2.34. The molecule has 3 nitrogen and oxygen atoms in total. The number of hydrogen-bond acceptors (Lipinski definition) is 2. The minimum atomic E-state index is -0.402. The average molecular weight is 289 g/mol. The van der Waals surface area contributed by atoms with Gasteiger partial charge in [-0.25, -0.2) is 5.84 Å². The molecular formula is C13H18Cl2N2O. The van der Waals surface area contributed by atoms with Gasteiger partial charge in [0.15, 0.2) is 0 Å². The summed E-state index contributed by atoms with van der Waals surface area (Å²) >= 11 is 11.8. The normalized spacial score (nSPS) is 11.4. The maximum atomic E-state index is 12.3. The molecule has 0 aromatic heterocycles. The third kappa shape index (κ3) is 3.61. The van der Waals surface area contributed by atoms with E-state index >= 15 is 0 Å². The van der Waals surface area contributed by atoms with Crippen LogP contribution in [0.3, 0.4) is 0 Å². The van der Waals surface area contributed by atoms with Crippen molar-refractivity contribution >= 4 is 29.1 Å². The Labute approximate surface area is 118 Å². The number of benzene rings is 1. The Morgan fingerprint density at radius 1 is 1.28 bits per heavy atom. The summed E-state index contributed by atoms with van der Waals surface area (Å²) in [6, 6.07) is 4.72. The van der Waals surface area contributed by atoms with Crippen molar-refractivity contribution in [3.63, 3.8) is 0 Å². The van der Waals surface area contributed by atoms with Crippen LogP contribution < -0.4 is 5.84 Å². The molecule has 0 spiro atoms. The highest BCUT2D eigenvalue weighted by atomic mass is 35.5. The van der Waals surface area contributed by atoms with Gasteiger partial charge in [-0.2, -0.15) is 0 Å². The number of nitrogens with zero attached hydrogens (tertiary/aromatic N) is 1. The molecule has 5 heteroatoms. The molecule has 0 atom stereocenters. The van der Waals surface area contributed by atoms with E-state index in [2.05, 4.69) is 6.92 Å². The molecule has 0 aliphatic rings. The second-order valence-corrected chi connectivity index (χ2v) is 5.77. The topological polar surface area (TPSA) is 46.3 Å². The van der Waals surface area contributed by atoms with Gasteiger partial charge in [-0.1, -0.05) is 36.5 Å². The standard InChI is InChI=1S/C13H18Cl2N2O/c1-4-5-13(2,3)17(16)12(18)9-6-10(14)8-11(15)7-9/h6-8H,4-5,16H2,1-3H3. The Hall–Kier alpha value is -0.770. The van der Waals surface area contributed by atoms with Crippen LogP contribution in [0.5, 0.6) is 0 Å². The summed E-state index contributed by atoms with van der Waals surface area (Å²) in [6.07, 6.45) is 1.77. The lowest BCUT2D eigenvalue weighted by Crippen LogP contribution is -2.52. The first kappa shape index (κ1) is 15.3. The van der Waals surface area contributed by atoms with Crippen LogP contribution in [0.4, 0.5) is 0 Å². The van der Waals surface area contributed by atoms with Crippen molar-refractivity contribution in [2.75, 3.05) is 0 Å². The van der Waals surface area contributed by atoms with E-state index < -0.39 is 5.54 Å². The molecule has 18 heavy (non-hydrogen) atoms. The summed E-state index contributed by atoms with van der Waals surface area (Å²) in [5.74, 6) is 5.63. The van der Waals surface area contributed by atoms with Gasteiger partial charge >= 0.3 is 0 Å². The van der Waals surface area contributed by atoms with Crippen LogP contribution in [0.25, 0.3) is 0 Å².